The van der Waals surface area contributed by atoms with Crippen molar-refractivity contribution in [1.82, 2.24) is 15.2 Å². The number of hydrogen-bond acceptors (Lipinski definition) is 5. The van der Waals surface area contributed by atoms with E-state index in [9.17, 15) is 13.2 Å². The molecule has 0 aliphatic carbocycles. The summed E-state index contributed by atoms with van der Waals surface area (Å²) in [7, 11) is -4.16. The molecule has 0 atom stereocenters. The number of para-hydroxylation sites is 1. The number of carbonyl (C=O) groups is 1. The summed E-state index contributed by atoms with van der Waals surface area (Å²) in [5.74, 6) is -0.712. The van der Waals surface area contributed by atoms with Crippen LogP contribution in [0.4, 0.5) is 5.69 Å². The first-order valence-corrected chi connectivity index (χ1v) is 13.4. The third-order valence-corrected chi connectivity index (χ3v) is 8.18. The van der Waals surface area contributed by atoms with Gasteiger partial charge in [0.1, 0.15) is 6.54 Å². The van der Waals surface area contributed by atoms with Gasteiger partial charge in [-0.2, -0.15) is 10.2 Å². The molecule has 0 aliphatic heterocycles. The van der Waals surface area contributed by atoms with Gasteiger partial charge in [0.25, 0.3) is 15.9 Å². The fraction of sp³-hybridized carbons (Fsp3) is 0.0800. The number of rotatable bonds is 8. The van der Waals surface area contributed by atoms with Crippen LogP contribution in [0.25, 0.3) is 5.69 Å². The van der Waals surface area contributed by atoms with Crippen LogP contribution in [-0.4, -0.2) is 36.9 Å². The smallest absolute Gasteiger partial charge is 0.264 e. The van der Waals surface area contributed by atoms with Gasteiger partial charge < -0.3 is 0 Å². The average Bonchev–Trinajstić information content (AvgIpc) is 3.18. The summed E-state index contributed by atoms with van der Waals surface area (Å²) >= 11 is 18.7. The summed E-state index contributed by atoms with van der Waals surface area (Å²) in [6.45, 7) is 1.20. The number of hydrogen-bond donors (Lipinski definition) is 1. The third kappa shape index (κ3) is 5.80. The minimum atomic E-state index is -4.16. The van der Waals surface area contributed by atoms with Crippen molar-refractivity contribution >= 4 is 62.6 Å². The lowest BCUT2D eigenvalue weighted by molar-refractivity contribution is -0.119. The van der Waals surface area contributed by atoms with E-state index in [-0.39, 0.29) is 25.8 Å². The lowest BCUT2D eigenvalue weighted by atomic mass is 10.2. The zero-order chi connectivity index (χ0) is 26.6. The monoisotopic (exact) mass is 575 g/mol. The van der Waals surface area contributed by atoms with E-state index in [1.54, 1.807) is 28.9 Å². The van der Waals surface area contributed by atoms with Gasteiger partial charge in [0, 0.05) is 0 Å². The zero-order valence-electron chi connectivity index (χ0n) is 19.3. The van der Waals surface area contributed by atoms with Gasteiger partial charge in [0.15, 0.2) is 5.15 Å². The Morgan fingerprint density at radius 2 is 1.65 bits per heavy atom. The molecule has 1 aromatic heterocycles. The van der Waals surface area contributed by atoms with E-state index in [1.165, 1.54) is 30.5 Å². The van der Waals surface area contributed by atoms with E-state index in [0.29, 0.717) is 11.3 Å². The minimum Gasteiger partial charge on any atom is -0.271 e. The molecule has 4 aromatic rings. The summed E-state index contributed by atoms with van der Waals surface area (Å²) in [5.41, 5.74) is 4.41. The Balaban J connectivity index is 1.58. The Morgan fingerprint density at radius 1 is 1.00 bits per heavy atom. The maximum atomic E-state index is 13.4. The van der Waals surface area contributed by atoms with Gasteiger partial charge in [-0.3, -0.25) is 9.10 Å². The molecule has 37 heavy (non-hydrogen) atoms. The molecule has 190 valence electrons. The molecule has 1 N–H and O–H groups in total. The van der Waals surface area contributed by atoms with Gasteiger partial charge in [-0.1, -0.05) is 77.3 Å². The van der Waals surface area contributed by atoms with Crippen molar-refractivity contribution in [1.29, 1.82) is 0 Å². The second kappa shape index (κ2) is 11.4. The maximum Gasteiger partial charge on any atom is 0.264 e. The average molecular weight is 577 g/mol. The number of sulfonamides is 1. The molecule has 0 aliphatic rings. The van der Waals surface area contributed by atoms with Crippen molar-refractivity contribution < 1.29 is 13.2 Å². The molecular formula is C25H20Cl3N5O3S. The van der Waals surface area contributed by atoms with Crippen molar-refractivity contribution in [2.45, 2.75) is 11.8 Å². The van der Waals surface area contributed by atoms with E-state index >= 15 is 0 Å². The SMILES string of the molecule is Cc1c(/C=N\NC(=O)CN(c2cccc(Cl)c2Cl)S(=O)(=O)c2ccccc2)c(Cl)nn1-c1ccccc1. The lowest BCUT2D eigenvalue weighted by Gasteiger charge is -2.24. The van der Waals surface area contributed by atoms with E-state index in [2.05, 4.69) is 15.6 Å². The number of nitrogens with zero attached hydrogens (tertiary/aromatic N) is 4. The fourth-order valence-electron chi connectivity index (χ4n) is 3.49. The third-order valence-electron chi connectivity index (χ3n) is 5.32. The van der Waals surface area contributed by atoms with Gasteiger partial charge in [-0.25, -0.2) is 18.5 Å². The molecule has 0 bridgehead atoms. The Bertz CT molecular complexity index is 1560. The number of carbonyl (C=O) groups excluding carboxylic acids is 1. The molecule has 3 aromatic carbocycles. The molecule has 0 saturated carbocycles. The van der Waals surface area contributed by atoms with Crippen LogP contribution >= 0.6 is 34.8 Å². The Hall–Kier alpha value is -3.37. The molecule has 1 heterocycles. The number of anilines is 1. The number of amides is 1. The summed E-state index contributed by atoms with van der Waals surface area (Å²) in [5, 5.41) is 8.62. The van der Waals surface area contributed by atoms with Gasteiger partial charge >= 0.3 is 0 Å². The second-order valence-corrected chi connectivity index (χ2v) is 10.7. The predicted molar refractivity (Wildman–Crippen MR) is 146 cm³/mol. The summed E-state index contributed by atoms with van der Waals surface area (Å²) in [4.78, 5) is 12.8. The first-order chi connectivity index (χ1) is 17.7. The van der Waals surface area contributed by atoms with Crippen LogP contribution in [0, 0.1) is 6.92 Å². The summed E-state index contributed by atoms with van der Waals surface area (Å²) in [6.07, 6.45) is 1.35. The highest BCUT2D eigenvalue weighted by atomic mass is 35.5. The number of benzene rings is 3. The molecule has 0 fully saturated rings. The molecule has 0 radical (unpaired) electrons. The zero-order valence-corrected chi connectivity index (χ0v) is 22.4. The highest BCUT2D eigenvalue weighted by Gasteiger charge is 2.29. The first kappa shape index (κ1) is 26.7. The van der Waals surface area contributed by atoms with Crippen LogP contribution in [0.2, 0.25) is 15.2 Å². The fourth-order valence-corrected chi connectivity index (χ4v) is 5.65. The van der Waals surface area contributed by atoms with Crippen molar-refractivity contribution in [2.75, 3.05) is 10.8 Å². The van der Waals surface area contributed by atoms with Crippen LogP contribution in [-0.2, 0) is 14.8 Å². The minimum absolute atomic E-state index is 0.00398. The number of nitrogens with one attached hydrogen (secondary N) is 1. The van der Waals surface area contributed by atoms with E-state index < -0.39 is 22.5 Å². The van der Waals surface area contributed by atoms with Gasteiger partial charge in [0.05, 0.1) is 43.8 Å². The molecule has 0 saturated heterocycles. The first-order valence-electron chi connectivity index (χ1n) is 10.8. The van der Waals surface area contributed by atoms with Crippen LogP contribution in [0.1, 0.15) is 11.3 Å². The van der Waals surface area contributed by atoms with Gasteiger partial charge in [0.2, 0.25) is 0 Å². The largest absolute Gasteiger partial charge is 0.271 e. The molecule has 8 nitrogen and oxygen atoms in total. The topological polar surface area (TPSA) is 96.7 Å². The quantitative estimate of drug-likeness (QED) is 0.222. The number of aromatic nitrogens is 2. The lowest BCUT2D eigenvalue weighted by Crippen LogP contribution is -2.39. The second-order valence-electron chi connectivity index (χ2n) is 7.73. The van der Waals surface area contributed by atoms with Crippen LogP contribution < -0.4 is 9.73 Å². The highest BCUT2D eigenvalue weighted by Crippen LogP contribution is 2.35. The van der Waals surface area contributed by atoms with Crippen LogP contribution in [0.3, 0.4) is 0 Å². The van der Waals surface area contributed by atoms with Crippen molar-refractivity contribution in [3.05, 3.63) is 105 Å². The molecule has 4 rings (SSSR count). The number of halogens is 3. The van der Waals surface area contributed by atoms with Crippen LogP contribution in [0.5, 0.6) is 0 Å². The molecule has 12 heteroatoms. The molecule has 0 unspecified atom stereocenters. The Morgan fingerprint density at radius 3 is 2.32 bits per heavy atom. The Labute approximate surface area is 229 Å². The van der Waals surface area contributed by atoms with Gasteiger partial charge in [-0.05, 0) is 43.3 Å². The molecule has 1 amide bonds. The highest BCUT2D eigenvalue weighted by molar-refractivity contribution is 7.92. The van der Waals surface area contributed by atoms with E-state index in [4.69, 9.17) is 34.8 Å². The molecular weight excluding hydrogens is 557 g/mol. The maximum absolute atomic E-state index is 13.4. The summed E-state index contributed by atoms with van der Waals surface area (Å²) < 4.78 is 29.4. The van der Waals surface area contributed by atoms with Crippen molar-refractivity contribution in [2.24, 2.45) is 5.10 Å². The molecule has 0 spiro atoms. The summed E-state index contributed by atoms with van der Waals surface area (Å²) in [6, 6.07) is 21.6. The van der Waals surface area contributed by atoms with E-state index in [0.717, 1.165) is 9.99 Å². The van der Waals surface area contributed by atoms with Crippen molar-refractivity contribution in [3.8, 4) is 5.69 Å². The van der Waals surface area contributed by atoms with Crippen molar-refractivity contribution in [3.63, 3.8) is 0 Å². The predicted octanol–water partition coefficient (Wildman–Crippen LogP) is 5.49. The Kier molecular flexibility index (Phi) is 8.19. The van der Waals surface area contributed by atoms with E-state index in [1.807, 2.05) is 37.3 Å². The normalized spacial score (nSPS) is 11.6. The van der Waals surface area contributed by atoms with Crippen LogP contribution in [0.15, 0.2) is 88.9 Å². The number of hydrazone groups is 1. The van der Waals surface area contributed by atoms with Gasteiger partial charge in [-0.15, -0.1) is 0 Å². The standard InChI is InChI=1S/C25H20Cl3N5O3S/c1-17-20(25(28)31-33(17)18-9-4-2-5-10-18)15-29-30-23(34)16-32(22-14-8-13-21(26)24(22)27)37(35,36)19-11-6-3-7-12-19/h2-15H,16H2,1H3,(H,30,34)/b29-15-.